The molecular weight excluding hydrogens is 334 g/mol. The van der Waals surface area contributed by atoms with E-state index in [0.29, 0.717) is 5.56 Å². The Bertz CT molecular complexity index is 970. The fourth-order valence-electron chi connectivity index (χ4n) is 2.84. The third-order valence-corrected chi connectivity index (χ3v) is 6.51. The molecular formula is C20H21NO3S. The van der Waals surface area contributed by atoms with Crippen LogP contribution in [0.25, 0.3) is 10.8 Å². The Hall–Kier alpha value is -2.21. The van der Waals surface area contributed by atoms with Gasteiger partial charge in [-0.15, -0.1) is 0 Å². The van der Waals surface area contributed by atoms with E-state index in [-0.39, 0.29) is 4.90 Å². The SMILES string of the molecule is C[C@@H]([C@@H](O)c1ccccc1)N(C)S(=O)(=O)c1ccc2ccccc2c1. The van der Waals surface area contributed by atoms with Crippen LogP contribution in [0.5, 0.6) is 0 Å². The molecule has 0 aliphatic carbocycles. The molecule has 3 aromatic rings. The molecule has 0 saturated carbocycles. The highest BCUT2D eigenvalue weighted by Crippen LogP contribution is 2.26. The number of aliphatic hydroxyl groups is 1. The number of sulfonamides is 1. The lowest BCUT2D eigenvalue weighted by molar-refractivity contribution is 0.108. The minimum Gasteiger partial charge on any atom is -0.387 e. The maximum atomic E-state index is 13.0. The molecule has 0 aliphatic rings. The quantitative estimate of drug-likeness (QED) is 0.761. The lowest BCUT2D eigenvalue weighted by atomic mass is 10.0. The summed E-state index contributed by atoms with van der Waals surface area (Å²) in [5.74, 6) is 0. The number of aliphatic hydroxyl groups excluding tert-OH is 1. The zero-order chi connectivity index (χ0) is 18.0. The molecule has 0 spiro atoms. The number of rotatable bonds is 5. The van der Waals surface area contributed by atoms with Gasteiger partial charge in [0.15, 0.2) is 0 Å². The summed E-state index contributed by atoms with van der Waals surface area (Å²) in [4.78, 5) is 0.223. The first kappa shape index (κ1) is 17.6. The second-order valence-electron chi connectivity index (χ2n) is 6.13. The Balaban J connectivity index is 1.92. The van der Waals surface area contributed by atoms with E-state index >= 15 is 0 Å². The smallest absolute Gasteiger partial charge is 0.243 e. The highest BCUT2D eigenvalue weighted by molar-refractivity contribution is 7.89. The zero-order valence-electron chi connectivity index (χ0n) is 14.2. The number of nitrogens with zero attached hydrogens (tertiary/aromatic N) is 1. The lowest BCUT2D eigenvalue weighted by Crippen LogP contribution is -2.39. The topological polar surface area (TPSA) is 57.6 Å². The Morgan fingerprint density at radius 2 is 1.48 bits per heavy atom. The standard InChI is InChI=1S/C20H21NO3S/c1-15(20(22)17-9-4-3-5-10-17)21(2)25(23,24)19-13-12-16-8-6-7-11-18(16)14-19/h3-15,20,22H,1-2H3/t15-,20+/m0/s1. The highest BCUT2D eigenvalue weighted by Gasteiger charge is 2.30. The van der Waals surface area contributed by atoms with Crippen LogP contribution in [0.2, 0.25) is 0 Å². The van der Waals surface area contributed by atoms with Gasteiger partial charge in [0.1, 0.15) is 0 Å². The molecule has 0 heterocycles. The largest absolute Gasteiger partial charge is 0.387 e. The molecule has 0 unspecified atom stereocenters. The van der Waals surface area contributed by atoms with Crippen LogP contribution in [-0.4, -0.2) is 30.9 Å². The van der Waals surface area contributed by atoms with Crippen LogP contribution in [0.3, 0.4) is 0 Å². The van der Waals surface area contributed by atoms with Crippen molar-refractivity contribution in [3.05, 3.63) is 78.4 Å². The van der Waals surface area contributed by atoms with Crippen LogP contribution >= 0.6 is 0 Å². The van der Waals surface area contributed by atoms with E-state index in [0.717, 1.165) is 10.8 Å². The number of fused-ring (bicyclic) bond motifs is 1. The number of hydrogen-bond donors (Lipinski definition) is 1. The number of likely N-dealkylation sites (N-methyl/N-ethyl adjacent to an activating group) is 1. The van der Waals surface area contributed by atoms with Crippen LogP contribution in [0.1, 0.15) is 18.6 Å². The minimum atomic E-state index is -3.71. The van der Waals surface area contributed by atoms with Crippen molar-refractivity contribution in [1.29, 1.82) is 0 Å². The molecule has 0 bridgehead atoms. The van der Waals surface area contributed by atoms with Gasteiger partial charge in [0, 0.05) is 7.05 Å². The van der Waals surface area contributed by atoms with Crippen molar-refractivity contribution in [2.45, 2.75) is 24.0 Å². The number of benzene rings is 3. The average molecular weight is 355 g/mol. The van der Waals surface area contributed by atoms with Gasteiger partial charge >= 0.3 is 0 Å². The van der Waals surface area contributed by atoms with E-state index in [1.807, 2.05) is 42.5 Å². The van der Waals surface area contributed by atoms with Gasteiger partial charge in [0.05, 0.1) is 17.0 Å². The van der Waals surface area contributed by atoms with Gasteiger partial charge in [-0.1, -0.05) is 60.7 Å². The Morgan fingerprint density at radius 1 is 0.880 bits per heavy atom. The third kappa shape index (κ3) is 3.44. The summed E-state index contributed by atoms with van der Waals surface area (Å²) in [5, 5.41) is 12.4. The molecule has 5 heteroatoms. The van der Waals surface area contributed by atoms with Crippen LogP contribution in [-0.2, 0) is 10.0 Å². The van der Waals surface area contributed by atoms with Crippen molar-refractivity contribution in [3.8, 4) is 0 Å². The van der Waals surface area contributed by atoms with Crippen LogP contribution in [0.4, 0.5) is 0 Å². The summed E-state index contributed by atoms with van der Waals surface area (Å²) in [6, 6.07) is 21.2. The van der Waals surface area contributed by atoms with Gasteiger partial charge in [-0.3, -0.25) is 0 Å². The van der Waals surface area contributed by atoms with Crippen molar-refractivity contribution in [2.24, 2.45) is 0 Å². The maximum absolute atomic E-state index is 13.0. The summed E-state index contributed by atoms with van der Waals surface area (Å²) in [5.41, 5.74) is 0.690. The van der Waals surface area contributed by atoms with Crippen LogP contribution in [0.15, 0.2) is 77.7 Å². The maximum Gasteiger partial charge on any atom is 0.243 e. The molecule has 0 saturated heterocycles. The molecule has 0 amide bonds. The Labute approximate surface area is 148 Å². The van der Waals surface area contributed by atoms with Crippen molar-refractivity contribution in [1.82, 2.24) is 4.31 Å². The first-order valence-corrected chi connectivity index (χ1v) is 9.55. The molecule has 0 aromatic heterocycles. The van der Waals surface area contributed by atoms with Gasteiger partial charge in [-0.2, -0.15) is 4.31 Å². The minimum absolute atomic E-state index is 0.223. The predicted octanol–water partition coefficient (Wildman–Crippen LogP) is 3.58. The van der Waals surface area contributed by atoms with Gasteiger partial charge in [0.2, 0.25) is 10.0 Å². The first-order valence-electron chi connectivity index (χ1n) is 8.11. The van der Waals surface area contributed by atoms with Crippen molar-refractivity contribution in [3.63, 3.8) is 0 Å². The van der Waals surface area contributed by atoms with Gasteiger partial charge in [-0.05, 0) is 35.4 Å². The molecule has 3 rings (SSSR count). The fourth-order valence-corrected chi connectivity index (χ4v) is 4.24. The van der Waals surface area contributed by atoms with Crippen LogP contribution < -0.4 is 0 Å². The zero-order valence-corrected chi connectivity index (χ0v) is 15.0. The molecule has 2 atom stereocenters. The second-order valence-corrected chi connectivity index (χ2v) is 8.12. The highest BCUT2D eigenvalue weighted by atomic mass is 32.2. The normalized spacial score (nSPS) is 14.6. The summed E-state index contributed by atoms with van der Waals surface area (Å²) in [6.45, 7) is 1.70. The van der Waals surface area contributed by atoms with E-state index in [2.05, 4.69) is 0 Å². The van der Waals surface area contributed by atoms with E-state index in [4.69, 9.17) is 0 Å². The molecule has 0 aliphatic heterocycles. The Morgan fingerprint density at radius 3 is 2.16 bits per heavy atom. The molecule has 25 heavy (non-hydrogen) atoms. The van der Waals surface area contributed by atoms with Crippen molar-refractivity contribution in [2.75, 3.05) is 7.05 Å². The van der Waals surface area contributed by atoms with Gasteiger partial charge in [-0.25, -0.2) is 8.42 Å². The van der Waals surface area contributed by atoms with Crippen LogP contribution in [0, 0.1) is 0 Å². The van der Waals surface area contributed by atoms with E-state index in [1.54, 1.807) is 37.3 Å². The monoisotopic (exact) mass is 355 g/mol. The number of hydrogen-bond acceptors (Lipinski definition) is 3. The van der Waals surface area contributed by atoms with E-state index < -0.39 is 22.2 Å². The second kappa shape index (κ2) is 6.96. The molecule has 3 aromatic carbocycles. The lowest BCUT2D eigenvalue weighted by Gasteiger charge is -2.28. The van der Waals surface area contributed by atoms with Gasteiger partial charge in [0.25, 0.3) is 0 Å². The summed E-state index contributed by atoms with van der Waals surface area (Å²) < 4.78 is 27.2. The predicted molar refractivity (Wildman–Crippen MR) is 99.8 cm³/mol. The molecule has 0 radical (unpaired) electrons. The fraction of sp³-hybridized carbons (Fsp3) is 0.200. The molecule has 0 fully saturated rings. The molecule has 130 valence electrons. The summed E-state index contributed by atoms with van der Waals surface area (Å²) >= 11 is 0. The van der Waals surface area contributed by atoms with E-state index in [1.165, 1.54) is 11.4 Å². The summed E-state index contributed by atoms with van der Waals surface area (Å²) in [6.07, 6.45) is -0.901. The summed E-state index contributed by atoms with van der Waals surface area (Å²) in [7, 11) is -2.21. The average Bonchev–Trinajstić information content (AvgIpc) is 2.66. The molecule has 4 nitrogen and oxygen atoms in total. The van der Waals surface area contributed by atoms with Crippen molar-refractivity contribution >= 4 is 20.8 Å². The van der Waals surface area contributed by atoms with E-state index in [9.17, 15) is 13.5 Å². The molecule has 1 N–H and O–H groups in total. The third-order valence-electron chi connectivity index (χ3n) is 4.57. The Kier molecular flexibility index (Phi) is 4.90. The first-order chi connectivity index (χ1) is 11.9. The van der Waals surface area contributed by atoms with Gasteiger partial charge < -0.3 is 5.11 Å². The van der Waals surface area contributed by atoms with Crippen molar-refractivity contribution < 1.29 is 13.5 Å².